The minimum Gasteiger partial charge on any atom is -0.426 e. The van der Waals surface area contributed by atoms with Crippen molar-refractivity contribution in [2.75, 3.05) is 0 Å². The van der Waals surface area contributed by atoms with Crippen molar-refractivity contribution in [2.24, 2.45) is 0 Å². The molecule has 0 aliphatic carbocycles. The van der Waals surface area contributed by atoms with Crippen molar-refractivity contribution >= 4 is 16.1 Å². The molecule has 124 valence electrons. The van der Waals surface area contributed by atoms with Crippen molar-refractivity contribution in [3.63, 3.8) is 0 Å². The van der Waals surface area contributed by atoms with Crippen LogP contribution in [0.4, 0.5) is 0 Å². The molecule has 0 aromatic heterocycles. The number of esters is 1. The molecule has 0 saturated carbocycles. The number of aryl methyl sites for hydroxylation is 1. The molecule has 1 aromatic rings. The summed E-state index contributed by atoms with van der Waals surface area (Å²) in [6.07, 6.45) is 6.75. The van der Waals surface area contributed by atoms with Gasteiger partial charge in [-0.3, -0.25) is 9.35 Å². The second kappa shape index (κ2) is 8.90. The molecule has 0 atom stereocenters. The van der Waals surface area contributed by atoms with Gasteiger partial charge in [-0.1, -0.05) is 45.1 Å². The maximum absolute atomic E-state index is 11.8. The van der Waals surface area contributed by atoms with Crippen molar-refractivity contribution in [1.29, 1.82) is 0 Å². The lowest BCUT2D eigenvalue weighted by molar-refractivity contribution is -0.134. The fourth-order valence-electron chi connectivity index (χ4n) is 2.07. The first-order chi connectivity index (χ1) is 10.3. The van der Waals surface area contributed by atoms with Crippen LogP contribution in [-0.2, 0) is 14.9 Å². The zero-order chi connectivity index (χ0) is 16.6. The molecule has 5 nitrogen and oxygen atoms in total. The van der Waals surface area contributed by atoms with Gasteiger partial charge in [0.2, 0.25) is 0 Å². The monoisotopic (exact) mass is 328 g/mol. The fraction of sp³-hybridized carbons (Fsp3) is 0.562. The highest BCUT2D eigenvalue weighted by Gasteiger charge is 2.14. The topological polar surface area (TPSA) is 80.7 Å². The summed E-state index contributed by atoms with van der Waals surface area (Å²) in [4.78, 5) is 11.5. The standard InChI is InChI=1S/C16H24O5S/c1-3-4-5-6-7-8-9-16(17)21-15-12-14(22(18,19)20)11-10-13(15)2/h10-12H,3-9H2,1-2H3,(H,18,19,20). The number of carbonyl (C=O) groups is 1. The van der Waals surface area contributed by atoms with E-state index in [1.165, 1.54) is 37.5 Å². The maximum atomic E-state index is 11.8. The van der Waals surface area contributed by atoms with E-state index in [2.05, 4.69) is 6.92 Å². The van der Waals surface area contributed by atoms with E-state index in [0.717, 1.165) is 19.3 Å². The Morgan fingerprint density at radius 2 is 1.77 bits per heavy atom. The van der Waals surface area contributed by atoms with Crippen molar-refractivity contribution in [1.82, 2.24) is 0 Å². The number of hydrogen-bond acceptors (Lipinski definition) is 4. The first kappa shape index (κ1) is 18.6. The molecule has 22 heavy (non-hydrogen) atoms. The number of carbonyl (C=O) groups excluding carboxylic acids is 1. The minimum atomic E-state index is -4.30. The van der Waals surface area contributed by atoms with E-state index in [-0.39, 0.29) is 16.6 Å². The Morgan fingerprint density at radius 3 is 2.41 bits per heavy atom. The summed E-state index contributed by atoms with van der Waals surface area (Å²) in [6.45, 7) is 3.86. The zero-order valence-electron chi connectivity index (χ0n) is 13.2. The van der Waals surface area contributed by atoms with Crippen LogP contribution in [0.2, 0.25) is 0 Å². The Kier molecular flexibility index (Phi) is 7.55. The van der Waals surface area contributed by atoms with Crippen LogP contribution in [-0.4, -0.2) is 18.9 Å². The Hall–Kier alpha value is -1.40. The summed E-state index contributed by atoms with van der Waals surface area (Å²) in [6, 6.07) is 3.94. The lowest BCUT2D eigenvalue weighted by Gasteiger charge is -2.08. The second-order valence-corrected chi connectivity index (χ2v) is 6.82. The zero-order valence-corrected chi connectivity index (χ0v) is 14.0. The quantitative estimate of drug-likeness (QED) is 0.322. The lowest BCUT2D eigenvalue weighted by atomic mass is 10.1. The average molecular weight is 328 g/mol. The molecule has 0 aliphatic heterocycles. The molecular formula is C16H24O5S. The molecule has 0 heterocycles. The van der Waals surface area contributed by atoms with Crippen LogP contribution in [0, 0.1) is 6.92 Å². The molecule has 0 fully saturated rings. The summed E-state index contributed by atoms with van der Waals surface area (Å²) in [7, 11) is -4.30. The van der Waals surface area contributed by atoms with Gasteiger partial charge in [-0.25, -0.2) is 0 Å². The molecule has 6 heteroatoms. The molecule has 0 radical (unpaired) electrons. The summed E-state index contributed by atoms with van der Waals surface area (Å²) >= 11 is 0. The highest BCUT2D eigenvalue weighted by molar-refractivity contribution is 7.85. The predicted molar refractivity (Wildman–Crippen MR) is 84.6 cm³/mol. The molecule has 1 aromatic carbocycles. The van der Waals surface area contributed by atoms with E-state index >= 15 is 0 Å². The maximum Gasteiger partial charge on any atom is 0.311 e. The van der Waals surface area contributed by atoms with Gasteiger partial charge < -0.3 is 4.74 Å². The Balaban J connectivity index is 2.50. The van der Waals surface area contributed by atoms with Gasteiger partial charge in [-0.05, 0) is 25.0 Å². The van der Waals surface area contributed by atoms with Gasteiger partial charge >= 0.3 is 5.97 Å². The highest BCUT2D eigenvalue weighted by Crippen LogP contribution is 2.23. The summed E-state index contributed by atoms with van der Waals surface area (Å²) in [5.74, 6) is -0.211. The molecule has 0 unspecified atom stereocenters. The van der Waals surface area contributed by atoms with Gasteiger partial charge in [0.05, 0.1) is 4.90 Å². The van der Waals surface area contributed by atoms with Gasteiger partial charge in [-0.15, -0.1) is 0 Å². The van der Waals surface area contributed by atoms with Gasteiger partial charge in [0.1, 0.15) is 5.75 Å². The minimum absolute atomic E-state index is 0.172. The summed E-state index contributed by atoms with van der Waals surface area (Å²) < 4.78 is 36.4. The summed E-state index contributed by atoms with van der Waals surface area (Å²) in [5, 5.41) is 0. The predicted octanol–water partition coefficient (Wildman–Crippen LogP) is 3.90. The third kappa shape index (κ3) is 6.58. The molecule has 0 aliphatic rings. The van der Waals surface area contributed by atoms with E-state index in [1.54, 1.807) is 6.92 Å². The Labute approximate surface area is 132 Å². The Morgan fingerprint density at radius 1 is 1.14 bits per heavy atom. The van der Waals surface area contributed by atoms with Gasteiger partial charge in [0.15, 0.2) is 0 Å². The number of benzene rings is 1. The van der Waals surface area contributed by atoms with E-state index in [4.69, 9.17) is 9.29 Å². The summed E-state index contributed by atoms with van der Waals surface area (Å²) in [5.41, 5.74) is 0.642. The smallest absolute Gasteiger partial charge is 0.311 e. The van der Waals surface area contributed by atoms with E-state index in [0.29, 0.717) is 12.0 Å². The third-order valence-corrected chi connectivity index (χ3v) is 4.27. The largest absolute Gasteiger partial charge is 0.426 e. The Bertz CT molecular complexity index is 593. The number of rotatable bonds is 9. The molecular weight excluding hydrogens is 304 g/mol. The number of hydrogen-bond donors (Lipinski definition) is 1. The fourth-order valence-corrected chi connectivity index (χ4v) is 2.57. The van der Waals surface area contributed by atoms with Crippen LogP contribution < -0.4 is 4.74 Å². The van der Waals surface area contributed by atoms with Crippen molar-refractivity contribution in [2.45, 2.75) is 63.7 Å². The van der Waals surface area contributed by atoms with Gasteiger partial charge in [-0.2, -0.15) is 8.42 Å². The van der Waals surface area contributed by atoms with Crippen LogP contribution in [0.1, 0.15) is 57.4 Å². The van der Waals surface area contributed by atoms with Crippen LogP contribution in [0.3, 0.4) is 0 Å². The van der Waals surface area contributed by atoms with Crippen LogP contribution >= 0.6 is 0 Å². The van der Waals surface area contributed by atoms with Crippen LogP contribution in [0.15, 0.2) is 23.1 Å². The first-order valence-corrected chi connectivity index (χ1v) is 9.07. The second-order valence-electron chi connectivity index (χ2n) is 5.39. The third-order valence-electron chi connectivity index (χ3n) is 3.42. The van der Waals surface area contributed by atoms with Crippen molar-refractivity contribution in [3.05, 3.63) is 23.8 Å². The number of unbranched alkanes of at least 4 members (excludes halogenated alkanes) is 5. The van der Waals surface area contributed by atoms with Crippen molar-refractivity contribution in [3.8, 4) is 5.75 Å². The normalized spacial score (nSPS) is 11.4. The molecule has 0 saturated heterocycles. The van der Waals surface area contributed by atoms with Gasteiger partial charge in [0, 0.05) is 12.5 Å². The molecule has 1 rings (SSSR count). The van der Waals surface area contributed by atoms with Crippen LogP contribution in [0.25, 0.3) is 0 Å². The molecule has 1 N–H and O–H groups in total. The van der Waals surface area contributed by atoms with Gasteiger partial charge in [0.25, 0.3) is 10.1 Å². The molecule has 0 amide bonds. The molecule has 0 spiro atoms. The number of ether oxygens (including phenoxy) is 1. The highest BCUT2D eigenvalue weighted by atomic mass is 32.2. The average Bonchev–Trinajstić information content (AvgIpc) is 2.44. The SMILES string of the molecule is CCCCCCCCC(=O)Oc1cc(S(=O)(=O)O)ccc1C. The van der Waals surface area contributed by atoms with Crippen LogP contribution in [0.5, 0.6) is 5.75 Å². The molecule has 0 bridgehead atoms. The van der Waals surface area contributed by atoms with E-state index in [1.807, 2.05) is 0 Å². The van der Waals surface area contributed by atoms with Crippen molar-refractivity contribution < 1.29 is 22.5 Å². The first-order valence-electron chi connectivity index (χ1n) is 7.63. The lowest BCUT2D eigenvalue weighted by Crippen LogP contribution is -2.09. The van der Waals surface area contributed by atoms with E-state index in [9.17, 15) is 13.2 Å². The van der Waals surface area contributed by atoms with E-state index < -0.39 is 10.1 Å².